The molecule has 0 saturated carbocycles. The summed E-state index contributed by atoms with van der Waals surface area (Å²) in [6.07, 6.45) is -4.25. The molecule has 1 N–H and O–H groups in total. The van der Waals surface area contributed by atoms with Crippen molar-refractivity contribution in [2.75, 3.05) is 11.9 Å². The van der Waals surface area contributed by atoms with Crippen molar-refractivity contribution in [3.8, 4) is 0 Å². The number of halogens is 4. The maximum atomic E-state index is 13.2. The Morgan fingerprint density at radius 3 is 2.44 bits per heavy atom. The second-order valence-corrected chi connectivity index (χ2v) is 6.34. The van der Waals surface area contributed by atoms with Gasteiger partial charge in [-0.25, -0.2) is 4.79 Å². The molecule has 3 rings (SSSR count). The van der Waals surface area contributed by atoms with Crippen molar-refractivity contribution in [2.45, 2.75) is 25.1 Å². The number of nitrogens with zero attached hydrogens (tertiary/aromatic N) is 1. The fraction of sp³-hybridized carbons (Fsp3) is 0.278. The molecule has 0 saturated heterocycles. The standard InChI is InChI=1S/C18H16ClF3N2O/c1-2-17(12-6-4-3-5-7-12)14-10-13(19)8-9-15(14)23-16(25)24(17)11-18(20,21)22/h3-10H,2,11H2,1H3,(H,23,25). The number of carbonyl (C=O) groups is 1. The molecule has 0 radical (unpaired) electrons. The predicted molar refractivity (Wildman–Crippen MR) is 90.7 cm³/mol. The number of hydrogen-bond donors (Lipinski definition) is 1. The molecule has 2 aromatic rings. The van der Waals surface area contributed by atoms with Crippen LogP contribution < -0.4 is 5.32 Å². The molecule has 1 heterocycles. The number of alkyl halides is 3. The Kier molecular flexibility index (Phi) is 4.41. The highest BCUT2D eigenvalue weighted by atomic mass is 35.5. The third kappa shape index (κ3) is 3.06. The number of benzene rings is 2. The van der Waals surface area contributed by atoms with E-state index in [9.17, 15) is 18.0 Å². The normalized spacial score (nSPS) is 20.2. The summed E-state index contributed by atoms with van der Waals surface area (Å²) in [5, 5.41) is 2.95. The minimum atomic E-state index is -4.53. The highest BCUT2D eigenvalue weighted by Gasteiger charge is 2.50. The fourth-order valence-electron chi connectivity index (χ4n) is 3.47. The van der Waals surface area contributed by atoms with Gasteiger partial charge in [0.1, 0.15) is 6.54 Å². The number of anilines is 1. The summed E-state index contributed by atoms with van der Waals surface area (Å²) in [4.78, 5) is 13.4. The number of carbonyl (C=O) groups excluding carboxylic acids is 1. The van der Waals surface area contributed by atoms with Crippen LogP contribution in [0.5, 0.6) is 0 Å². The summed E-state index contributed by atoms with van der Waals surface area (Å²) in [6, 6.07) is 12.8. The van der Waals surface area contributed by atoms with Crippen LogP contribution in [0, 0.1) is 0 Å². The number of nitrogens with one attached hydrogen (secondary N) is 1. The number of urea groups is 1. The molecule has 2 amide bonds. The zero-order valence-corrected chi connectivity index (χ0v) is 14.2. The summed E-state index contributed by atoms with van der Waals surface area (Å²) >= 11 is 6.11. The molecule has 1 unspecified atom stereocenters. The topological polar surface area (TPSA) is 32.3 Å². The van der Waals surface area contributed by atoms with Crippen molar-refractivity contribution < 1.29 is 18.0 Å². The Bertz CT molecular complexity index is 795. The molecule has 132 valence electrons. The van der Waals surface area contributed by atoms with E-state index < -0.39 is 24.3 Å². The number of amides is 2. The molecule has 25 heavy (non-hydrogen) atoms. The average molecular weight is 369 g/mol. The summed E-state index contributed by atoms with van der Waals surface area (Å²) in [7, 11) is 0. The first kappa shape index (κ1) is 17.6. The summed E-state index contributed by atoms with van der Waals surface area (Å²) in [5.41, 5.74) is 0.385. The van der Waals surface area contributed by atoms with Gasteiger partial charge in [-0.05, 0) is 30.2 Å². The van der Waals surface area contributed by atoms with Gasteiger partial charge in [0.25, 0.3) is 0 Å². The molecule has 2 aromatic carbocycles. The van der Waals surface area contributed by atoms with Gasteiger partial charge in [-0.2, -0.15) is 13.2 Å². The molecule has 1 aliphatic rings. The molecular weight excluding hydrogens is 353 g/mol. The zero-order chi connectivity index (χ0) is 18.2. The van der Waals surface area contributed by atoms with Crippen LogP contribution in [-0.4, -0.2) is 23.7 Å². The molecule has 0 aromatic heterocycles. The first-order valence-corrected chi connectivity index (χ1v) is 8.16. The molecule has 1 atom stereocenters. The van der Waals surface area contributed by atoms with Gasteiger partial charge in [0, 0.05) is 16.3 Å². The minimum absolute atomic E-state index is 0.272. The maximum Gasteiger partial charge on any atom is 0.406 e. The predicted octanol–water partition coefficient (Wildman–Crippen LogP) is 5.40. The van der Waals surface area contributed by atoms with Gasteiger partial charge in [0.15, 0.2) is 0 Å². The van der Waals surface area contributed by atoms with E-state index in [0.29, 0.717) is 21.8 Å². The van der Waals surface area contributed by atoms with Crippen LogP contribution >= 0.6 is 11.6 Å². The lowest BCUT2D eigenvalue weighted by Crippen LogP contribution is -2.57. The first-order chi connectivity index (χ1) is 11.8. The van der Waals surface area contributed by atoms with Crippen LogP contribution in [-0.2, 0) is 5.54 Å². The minimum Gasteiger partial charge on any atom is -0.307 e. The molecule has 0 aliphatic carbocycles. The Morgan fingerprint density at radius 2 is 1.84 bits per heavy atom. The lowest BCUT2D eigenvalue weighted by molar-refractivity contribution is -0.148. The second kappa shape index (κ2) is 6.26. The van der Waals surface area contributed by atoms with Gasteiger partial charge < -0.3 is 10.2 Å². The van der Waals surface area contributed by atoms with Crippen LogP contribution in [0.4, 0.5) is 23.7 Å². The van der Waals surface area contributed by atoms with Gasteiger partial charge in [-0.3, -0.25) is 0 Å². The van der Waals surface area contributed by atoms with Crippen molar-refractivity contribution in [1.29, 1.82) is 0 Å². The van der Waals surface area contributed by atoms with E-state index in [2.05, 4.69) is 5.32 Å². The van der Waals surface area contributed by atoms with Crippen molar-refractivity contribution in [3.63, 3.8) is 0 Å². The Morgan fingerprint density at radius 1 is 1.16 bits per heavy atom. The van der Waals surface area contributed by atoms with Crippen LogP contribution in [0.3, 0.4) is 0 Å². The van der Waals surface area contributed by atoms with Gasteiger partial charge in [0.2, 0.25) is 0 Å². The van der Waals surface area contributed by atoms with E-state index in [1.165, 1.54) is 0 Å². The summed E-state index contributed by atoms with van der Waals surface area (Å²) < 4.78 is 39.6. The van der Waals surface area contributed by atoms with Crippen molar-refractivity contribution in [1.82, 2.24) is 4.90 Å². The van der Waals surface area contributed by atoms with Crippen LogP contribution in [0.25, 0.3) is 0 Å². The van der Waals surface area contributed by atoms with E-state index in [4.69, 9.17) is 11.6 Å². The Labute approximate surface area is 148 Å². The zero-order valence-electron chi connectivity index (χ0n) is 13.4. The highest BCUT2D eigenvalue weighted by Crippen LogP contribution is 2.47. The van der Waals surface area contributed by atoms with Crippen molar-refractivity contribution in [2.24, 2.45) is 0 Å². The molecule has 0 bridgehead atoms. The van der Waals surface area contributed by atoms with Crippen molar-refractivity contribution in [3.05, 3.63) is 64.7 Å². The molecular formula is C18H16ClF3N2O. The van der Waals surface area contributed by atoms with E-state index >= 15 is 0 Å². The fourth-order valence-corrected chi connectivity index (χ4v) is 3.64. The Balaban J connectivity index is 2.30. The van der Waals surface area contributed by atoms with E-state index in [0.717, 1.165) is 4.90 Å². The number of rotatable bonds is 3. The molecule has 7 heteroatoms. The molecule has 0 spiro atoms. The molecule has 1 aliphatic heterocycles. The second-order valence-electron chi connectivity index (χ2n) is 5.90. The van der Waals surface area contributed by atoms with Crippen LogP contribution in [0.1, 0.15) is 24.5 Å². The number of hydrogen-bond acceptors (Lipinski definition) is 1. The van der Waals surface area contributed by atoms with Gasteiger partial charge in [-0.15, -0.1) is 0 Å². The average Bonchev–Trinajstić information content (AvgIpc) is 2.56. The third-order valence-corrected chi connectivity index (χ3v) is 4.71. The quantitative estimate of drug-likeness (QED) is 0.772. The molecule has 0 fully saturated rings. The lowest BCUT2D eigenvalue weighted by Gasteiger charge is -2.48. The van der Waals surface area contributed by atoms with Crippen molar-refractivity contribution >= 4 is 23.3 Å². The monoisotopic (exact) mass is 368 g/mol. The molecule has 3 nitrogen and oxygen atoms in total. The maximum absolute atomic E-state index is 13.2. The van der Waals surface area contributed by atoms with E-state index in [1.807, 2.05) is 0 Å². The van der Waals surface area contributed by atoms with Gasteiger partial charge in [0.05, 0.1) is 5.54 Å². The number of fused-ring (bicyclic) bond motifs is 1. The SMILES string of the molecule is CCC1(c2ccccc2)c2cc(Cl)ccc2NC(=O)N1CC(F)(F)F. The van der Waals surface area contributed by atoms with Crippen LogP contribution in [0.2, 0.25) is 5.02 Å². The van der Waals surface area contributed by atoms with Gasteiger partial charge in [-0.1, -0.05) is 48.9 Å². The van der Waals surface area contributed by atoms with E-state index in [-0.39, 0.29) is 6.42 Å². The van der Waals surface area contributed by atoms with E-state index in [1.54, 1.807) is 55.5 Å². The smallest absolute Gasteiger partial charge is 0.307 e. The van der Waals surface area contributed by atoms with Gasteiger partial charge >= 0.3 is 12.2 Å². The highest BCUT2D eigenvalue weighted by molar-refractivity contribution is 6.30. The van der Waals surface area contributed by atoms with Crippen LogP contribution in [0.15, 0.2) is 48.5 Å². The largest absolute Gasteiger partial charge is 0.406 e. The summed E-state index contributed by atoms with van der Waals surface area (Å²) in [6.45, 7) is 0.410. The summed E-state index contributed by atoms with van der Waals surface area (Å²) in [5.74, 6) is 0. The first-order valence-electron chi connectivity index (χ1n) is 7.79. The lowest BCUT2D eigenvalue weighted by atomic mass is 9.77. The third-order valence-electron chi connectivity index (χ3n) is 4.48. The Hall–Kier alpha value is -2.21.